The molecule has 7 nitrogen and oxygen atoms in total. The number of hydrogen-bond donors (Lipinski definition) is 4. The van der Waals surface area contributed by atoms with Crippen LogP contribution in [0.15, 0.2) is 0 Å². The molecule has 1 saturated carbocycles. The van der Waals surface area contributed by atoms with Gasteiger partial charge in [0.1, 0.15) is 12.0 Å². The number of nitrogens with one attached hydrogen (secondary N) is 1. The van der Waals surface area contributed by atoms with Crippen molar-refractivity contribution < 1.29 is 24.5 Å². The van der Waals surface area contributed by atoms with Gasteiger partial charge in [-0.15, -0.1) is 0 Å². The average molecular weight is 316 g/mol. The first-order chi connectivity index (χ1) is 10.2. The minimum atomic E-state index is -1.05. The van der Waals surface area contributed by atoms with E-state index in [4.69, 9.17) is 20.7 Å². The summed E-state index contributed by atoms with van der Waals surface area (Å²) in [7, 11) is 0. The molecular weight excluding hydrogens is 288 g/mol. The summed E-state index contributed by atoms with van der Waals surface area (Å²) in [5.74, 6) is -0.958. The van der Waals surface area contributed by atoms with Crippen LogP contribution >= 0.6 is 0 Å². The van der Waals surface area contributed by atoms with Gasteiger partial charge in [0, 0.05) is 5.41 Å². The van der Waals surface area contributed by atoms with Gasteiger partial charge in [-0.05, 0) is 18.8 Å². The lowest BCUT2D eigenvalue weighted by Crippen LogP contribution is -2.63. The SMILES string of the molecule is CC1CCC(C)(C)C1(N[C@H](C=O)CC(=O)O)OCC(N)CO. The van der Waals surface area contributed by atoms with E-state index in [9.17, 15) is 9.59 Å². The Bertz CT molecular complexity index is 401. The number of aldehydes is 1. The summed E-state index contributed by atoms with van der Waals surface area (Å²) in [4.78, 5) is 22.1. The minimum Gasteiger partial charge on any atom is -0.481 e. The summed E-state index contributed by atoms with van der Waals surface area (Å²) in [6.45, 7) is 6.00. The van der Waals surface area contributed by atoms with E-state index in [1.807, 2.05) is 20.8 Å². The Morgan fingerprint density at radius 1 is 1.55 bits per heavy atom. The molecule has 0 aromatic rings. The van der Waals surface area contributed by atoms with Crippen LogP contribution < -0.4 is 11.1 Å². The molecular formula is C15H28N2O5. The van der Waals surface area contributed by atoms with Crippen LogP contribution in [0.25, 0.3) is 0 Å². The number of aliphatic carboxylic acids is 1. The first kappa shape index (κ1) is 19.0. The van der Waals surface area contributed by atoms with Crippen LogP contribution in [0.4, 0.5) is 0 Å². The van der Waals surface area contributed by atoms with Crippen LogP contribution in [0.5, 0.6) is 0 Å². The van der Waals surface area contributed by atoms with Gasteiger partial charge in [-0.25, -0.2) is 0 Å². The van der Waals surface area contributed by atoms with Gasteiger partial charge in [0.2, 0.25) is 0 Å². The molecule has 0 amide bonds. The second-order valence-corrected chi connectivity index (χ2v) is 6.80. The van der Waals surface area contributed by atoms with Crippen molar-refractivity contribution in [2.24, 2.45) is 17.1 Å². The van der Waals surface area contributed by atoms with Gasteiger partial charge in [-0.1, -0.05) is 20.8 Å². The highest BCUT2D eigenvalue weighted by atomic mass is 16.5. The lowest BCUT2D eigenvalue weighted by molar-refractivity contribution is -0.165. The van der Waals surface area contributed by atoms with Crippen LogP contribution in [0.2, 0.25) is 0 Å². The second kappa shape index (κ2) is 7.50. The van der Waals surface area contributed by atoms with Crippen LogP contribution in [-0.4, -0.2) is 53.5 Å². The largest absolute Gasteiger partial charge is 0.481 e. The minimum absolute atomic E-state index is 0.0876. The quantitative estimate of drug-likeness (QED) is 0.352. The fourth-order valence-corrected chi connectivity index (χ4v) is 3.24. The van der Waals surface area contributed by atoms with E-state index < -0.39 is 23.8 Å². The number of aliphatic hydroxyl groups excluding tert-OH is 1. The topological polar surface area (TPSA) is 122 Å². The fraction of sp³-hybridized carbons (Fsp3) is 0.867. The summed E-state index contributed by atoms with van der Waals surface area (Å²) < 4.78 is 6.04. The standard InChI is InChI=1S/C15H28N2O5/c1-10-4-5-14(2,3)15(10,22-9-11(16)7-18)17-12(8-19)6-13(20)21/h8,10-12,17-18H,4-7,9,16H2,1-3H3,(H,20,21)/t10?,11?,12-,15?/m0/s1. The molecule has 5 N–H and O–H groups in total. The third-order valence-corrected chi connectivity index (χ3v) is 4.62. The summed E-state index contributed by atoms with van der Waals surface area (Å²) in [5, 5.41) is 21.1. The predicted molar refractivity (Wildman–Crippen MR) is 81.2 cm³/mol. The zero-order valence-electron chi connectivity index (χ0n) is 13.5. The van der Waals surface area contributed by atoms with Gasteiger partial charge in [-0.3, -0.25) is 10.1 Å². The van der Waals surface area contributed by atoms with Crippen LogP contribution in [0.1, 0.15) is 40.0 Å². The Morgan fingerprint density at radius 3 is 2.59 bits per heavy atom. The number of nitrogens with two attached hydrogens (primary N) is 1. The Kier molecular flexibility index (Phi) is 6.49. The van der Waals surface area contributed by atoms with Crippen molar-refractivity contribution in [2.75, 3.05) is 13.2 Å². The Hall–Kier alpha value is -1.02. The number of ether oxygens (including phenoxy) is 1. The summed E-state index contributed by atoms with van der Waals surface area (Å²) in [5.41, 5.74) is 4.58. The molecule has 0 aromatic heterocycles. The maximum Gasteiger partial charge on any atom is 0.305 e. The predicted octanol–water partition coefficient (Wildman–Crippen LogP) is 0.107. The molecule has 0 aliphatic heterocycles. The van der Waals surface area contributed by atoms with E-state index in [0.29, 0.717) is 6.29 Å². The van der Waals surface area contributed by atoms with Crippen molar-refractivity contribution >= 4 is 12.3 Å². The normalized spacial score (nSPS) is 30.0. The number of hydrogen-bond acceptors (Lipinski definition) is 6. The smallest absolute Gasteiger partial charge is 0.305 e. The lowest BCUT2D eigenvalue weighted by Gasteiger charge is -2.46. The van der Waals surface area contributed by atoms with Crippen molar-refractivity contribution in [3.05, 3.63) is 0 Å². The number of carbonyl (C=O) groups is 2. The molecule has 128 valence electrons. The molecule has 1 rings (SSSR count). The van der Waals surface area contributed by atoms with Crippen molar-refractivity contribution in [1.29, 1.82) is 0 Å². The van der Waals surface area contributed by atoms with E-state index in [2.05, 4.69) is 5.32 Å². The lowest BCUT2D eigenvalue weighted by atomic mass is 9.80. The summed E-state index contributed by atoms with van der Waals surface area (Å²) in [6, 6.07) is -1.35. The van der Waals surface area contributed by atoms with Gasteiger partial charge in [0.05, 0.1) is 31.7 Å². The van der Waals surface area contributed by atoms with E-state index in [1.54, 1.807) is 0 Å². The molecule has 0 aromatic carbocycles. The second-order valence-electron chi connectivity index (χ2n) is 6.80. The summed E-state index contributed by atoms with van der Waals surface area (Å²) in [6.07, 6.45) is 2.08. The Labute approximate surface area is 131 Å². The van der Waals surface area contributed by atoms with Crippen LogP contribution in [0.3, 0.4) is 0 Å². The Balaban J connectivity index is 3.00. The molecule has 22 heavy (non-hydrogen) atoms. The van der Waals surface area contributed by atoms with Gasteiger partial charge >= 0.3 is 5.97 Å². The molecule has 3 unspecified atom stereocenters. The monoisotopic (exact) mass is 316 g/mol. The molecule has 1 aliphatic carbocycles. The molecule has 0 bridgehead atoms. The van der Waals surface area contributed by atoms with E-state index >= 15 is 0 Å². The van der Waals surface area contributed by atoms with Crippen molar-refractivity contribution in [3.63, 3.8) is 0 Å². The average Bonchev–Trinajstić information content (AvgIpc) is 2.67. The maximum atomic E-state index is 11.2. The highest BCUT2D eigenvalue weighted by Gasteiger charge is 2.55. The number of carbonyl (C=O) groups excluding carboxylic acids is 1. The number of aliphatic hydroxyl groups is 1. The van der Waals surface area contributed by atoms with Gasteiger partial charge in [0.25, 0.3) is 0 Å². The highest BCUT2D eigenvalue weighted by Crippen LogP contribution is 2.50. The van der Waals surface area contributed by atoms with E-state index in [-0.39, 0.29) is 31.0 Å². The number of rotatable bonds is 9. The maximum absolute atomic E-state index is 11.2. The van der Waals surface area contributed by atoms with Gasteiger partial charge in [0.15, 0.2) is 0 Å². The van der Waals surface area contributed by atoms with Crippen LogP contribution in [-0.2, 0) is 14.3 Å². The summed E-state index contributed by atoms with van der Waals surface area (Å²) >= 11 is 0. The number of carboxylic acids is 1. The first-order valence-electron chi connectivity index (χ1n) is 7.63. The molecule has 1 fully saturated rings. The van der Waals surface area contributed by atoms with E-state index in [1.165, 1.54) is 0 Å². The third kappa shape index (κ3) is 4.04. The number of carboxylic acid groups (broad SMARTS) is 1. The highest BCUT2D eigenvalue weighted by molar-refractivity contribution is 5.73. The van der Waals surface area contributed by atoms with Crippen LogP contribution in [0, 0.1) is 11.3 Å². The first-order valence-corrected chi connectivity index (χ1v) is 7.63. The molecule has 0 radical (unpaired) electrons. The van der Waals surface area contributed by atoms with Crippen molar-refractivity contribution in [3.8, 4) is 0 Å². The van der Waals surface area contributed by atoms with Crippen molar-refractivity contribution in [2.45, 2.75) is 57.8 Å². The molecule has 1 aliphatic rings. The molecule has 0 heterocycles. The molecule has 7 heteroatoms. The fourth-order valence-electron chi connectivity index (χ4n) is 3.24. The van der Waals surface area contributed by atoms with Gasteiger partial charge in [-0.2, -0.15) is 0 Å². The van der Waals surface area contributed by atoms with Gasteiger partial charge < -0.3 is 25.5 Å². The zero-order valence-corrected chi connectivity index (χ0v) is 13.5. The van der Waals surface area contributed by atoms with Crippen molar-refractivity contribution in [1.82, 2.24) is 5.32 Å². The molecule has 4 atom stereocenters. The Morgan fingerprint density at radius 2 is 2.18 bits per heavy atom. The third-order valence-electron chi connectivity index (χ3n) is 4.62. The molecule has 0 saturated heterocycles. The zero-order chi connectivity index (χ0) is 17.0. The molecule has 0 spiro atoms. The van der Waals surface area contributed by atoms with E-state index in [0.717, 1.165) is 12.8 Å².